The summed E-state index contributed by atoms with van der Waals surface area (Å²) in [6.07, 6.45) is 1.04. The Hall–Kier alpha value is -1.30. The van der Waals surface area contributed by atoms with Gasteiger partial charge in [-0.3, -0.25) is 4.90 Å². The molecule has 1 heterocycles. The number of halogens is 1. The number of fused-ring (bicyclic) bond motifs is 1. The quantitative estimate of drug-likeness (QED) is 0.781. The van der Waals surface area contributed by atoms with Gasteiger partial charge in [-0.25, -0.2) is 4.79 Å². The first-order valence-corrected chi connectivity index (χ1v) is 7.62. The van der Waals surface area contributed by atoms with Crippen molar-refractivity contribution in [2.45, 2.75) is 37.5 Å². The third-order valence-electron chi connectivity index (χ3n) is 4.47. The van der Waals surface area contributed by atoms with Gasteiger partial charge in [-0.05, 0) is 49.1 Å². The highest BCUT2D eigenvalue weighted by Gasteiger charge is 2.37. The van der Waals surface area contributed by atoms with E-state index in [0.29, 0.717) is 11.6 Å². The number of aliphatic hydroxyl groups is 1. The van der Waals surface area contributed by atoms with E-state index in [1.54, 1.807) is 6.07 Å². The molecule has 0 aromatic heterocycles. The van der Waals surface area contributed by atoms with E-state index < -0.39 is 12.2 Å². The molecule has 0 unspecified atom stereocenters. The summed E-state index contributed by atoms with van der Waals surface area (Å²) in [4.78, 5) is 13.0. The van der Waals surface area contributed by atoms with Gasteiger partial charge in [-0.15, -0.1) is 0 Å². The molecule has 1 fully saturated rings. The molecule has 1 aliphatic carbocycles. The van der Waals surface area contributed by atoms with Crippen LogP contribution in [0.1, 0.15) is 30.1 Å². The summed E-state index contributed by atoms with van der Waals surface area (Å²) in [5.74, 6) is 0. The predicted octanol–water partition coefficient (Wildman–Crippen LogP) is 2.03. The first-order valence-electron chi connectivity index (χ1n) is 7.24. The monoisotopic (exact) mass is 310 g/mol. The third-order valence-corrected chi connectivity index (χ3v) is 4.70. The maximum absolute atomic E-state index is 10.8. The summed E-state index contributed by atoms with van der Waals surface area (Å²) in [7, 11) is 0. The Balaban J connectivity index is 1.72. The number of carbonyl (C=O) groups is 1. The minimum absolute atomic E-state index is 0.0110. The van der Waals surface area contributed by atoms with Gasteiger partial charge in [0.25, 0.3) is 0 Å². The summed E-state index contributed by atoms with van der Waals surface area (Å²) < 4.78 is 0. The standard InChI is InChI=1S/C15H19ClN2O3/c16-10-3-4-12-9(6-10)7-13(14(12)19)18-5-1-2-11(8-18)17-15(20)21/h3-4,6,11,13-14,17,19H,1-2,5,7-8H2,(H,20,21)/t11-,13+,14-/m1/s1. The van der Waals surface area contributed by atoms with Crippen LogP contribution >= 0.6 is 11.6 Å². The Morgan fingerprint density at radius 2 is 2.24 bits per heavy atom. The molecule has 0 saturated carbocycles. The van der Waals surface area contributed by atoms with Gasteiger partial charge in [0.2, 0.25) is 0 Å². The summed E-state index contributed by atoms with van der Waals surface area (Å²) in [5, 5.41) is 22.6. The van der Waals surface area contributed by atoms with Gasteiger partial charge in [0.05, 0.1) is 6.10 Å². The second-order valence-corrected chi connectivity index (χ2v) is 6.28. The van der Waals surface area contributed by atoms with Crippen LogP contribution in [0, 0.1) is 0 Å². The van der Waals surface area contributed by atoms with E-state index >= 15 is 0 Å². The third kappa shape index (κ3) is 3.00. The molecule has 21 heavy (non-hydrogen) atoms. The highest BCUT2D eigenvalue weighted by atomic mass is 35.5. The largest absolute Gasteiger partial charge is 0.465 e. The van der Waals surface area contributed by atoms with Crippen molar-refractivity contribution in [2.75, 3.05) is 13.1 Å². The molecule has 114 valence electrons. The number of carboxylic acid groups (broad SMARTS) is 1. The van der Waals surface area contributed by atoms with Crippen LogP contribution in [0.25, 0.3) is 0 Å². The average molecular weight is 311 g/mol. The second kappa shape index (κ2) is 5.83. The smallest absolute Gasteiger partial charge is 0.404 e. The molecule has 1 saturated heterocycles. The van der Waals surface area contributed by atoms with Gasteiger partial charge >= 0.3 is 6.09 Å². The van der Waals surface area contributed by atoms with E-state index in [-0.39, 0.29) is 12.1 Å². The molecule has 3 N–H and O–H groups in total. The van der Waals surface area contributed by atoms with Crippen molar-refractivity contribution in [1.82, 2.24) is 10.2 Å². The summed E-state index contributed by atoms with van der Waals surface area (Å²) in [6, 6.07) is 5.56. The van der Waals surface area contributed by atoms with Crippen LogP contribution in [-0.4, -0.2) is 46.4 Å². The maximum atomic E-state index is 10.8. The van der Waals surface area contributed by atoms with Crippen molar-refractivity contribution >= 4 is 17.7 Å². The fourth-order valence-corrected chi connectivity index (χ4v) is 3.71. The molecule has 2 aliphatic rings. The number of likely N-dealkylation sites (tertiary alicyclic amines) is 1. The van der Waals surface area contributed by atoms with Crippen LogP contribution < -0.4 is 5.32 Å². The van der Waals surface area contributed by atoms with Crippen LogP contribution in [0.15, 0.2) is 18.2 Å². The predicted molar refractivity (Wildman–Crippen MR) is 79.7 cm³/mol. The molecule has 1 aliphatic heterocycles. The zero-order valence-corrected chi connectivity index (χ0v) is 12.4. The minimum Gasteiger partial charge on any atom is -0.465 e. The Kier molecular flexibility index (Phi) is 4.06. The first kappa shape index (κ1) is 14.6. The Bertz CT molecular complexity index is 552. The second-order valence-electron chi connectivity index (χ2n) is 5.84. The van der Waals surface area contributed by atoms with Crippen molar-refractivity contribution in [3.63, 3.8) is 0 Å². The zero-order chi connectivity index (χ0) is 15.0. The molecule has 5 nitrogen and oxygen atoms in total. The van der Waals surface area contributed by atoms with Crippen molar-refractivity contribution in [1.29, 1.82) is 0 Å². The molecule has 6 heteroatoms. The normalized spacial score (nSPS) is 29.1. The van der Waals surface area contributed by atoms with Crippen molar-refractivity contribution < 1.29 is 15.0 Å². The molecule has 0 radical (unpaired) electrons. The number of hydrogen-bond donors (Lipinski definition) is 3. The molecule has 1 aromatic rings. The number of benzene rings is 1. The maximum Gasteiger partial charge on any atom is 0.404 e. The van der Waals surface area contributed by atoms with E-state index in [4.69, 9.17) is 16.7 Å². The van der Waals surface area contributed by atoms with Crippen molar-refractivity contribution in [3.05, 3.63) is 34.3 Å². The number of nitrogens with one attached hydrogen (secondary N) is 1. The Morgan fingerprint density at radius 1 is 1.43 bits per heavy atom. The summed E-state index contributed by atoms with van der Waals surface area (Å²) in [6.45, 7) is 1.54. The van der Waals surface area contributed by atoms with Crippen molar-refractivity contribution in [2.24, 2.45) is 0 Å². The lowest BCUT2D eigenvalue weighted by Crippen LogP contribution is -2.51. The van der Waals surface area contributed by atoms with Gasteiger partial charge in [0.15, 0.2) is 0 Å². The topological polar surface area (TPSA) is 72.8 Å². The fourth-order valence-electron chi connectivity index (χ4n) is 3.51. The molecular formula is C15H19ClN2O3. The number of hydrogen-bond acceptors (Lipinski definition) is 3. The summed E-state index contributed by atoms with van der Waals surface area (Å²) >= 11 is 6.01. The van der Waals surface area contributed by atoms with E-state index in [1.165, 1.54) is 0 Å². The van der Waals surface area contributed by atoms with Gasteiger partial charge in [-0.2, -0.15) is 0 Å². The number of aliphatic hydroxyl groups excluding tert-OH is 1. The van der Waals surface area contributed by atoms with Crippen molar-refractivity contribution in [3.8, 4) is 0 Å². The highest BCUT2D eigenvalue weighted by Crippen LogP contribution is 2.36. The average Bonchev–Trinajstić information content (AvgIpc) is 2.75. The lowest BCUT2D eigenvalue weighted by atomic mass is 10.0. The van der Waals surface area contributed by atoms with E-state index in [9.17, 15) is 9.90 Å². The van der Waals surface area contributed by atoms with Crippen LogP contribution in [-0.2, 0) is 6.42 Å². The minimum atomic E-state index is -0.983. The van der Waals surface area contributed by atoms with Gasteiger partial charge in [0.1, 0.15) is 0 Å². The SMILES string of the molecule is O=C(O)N[C@@H]1CCCN([C@H]2Cc3cc(Cl)ccc3[C@H]2O)C1. The van der Waals surface area contributed by atoms with Crippen LogP contribution in [0.3, 0.4) is 0 Å². The summed E-state index contributed by atoms with van der Waals surface area (Å²) in [5.41, 5.74) is 2.03. The van der Waals surface area contributed by atoms with Gasteiger partial charge in [-0.1, -0.05) is 17.7 Å². The lowest BCUT2D eigenvalue weighted by Gasteiger charge is -2.37. The highest BCUT2D eigenvalue weighted by molar-refractivity contribution is 6.30. The van der Waals surface area contributed by atoms with E-state index in [2.05, 4.69) is 10.2 Å². The van der Waals surface area contributed by atoms with Gasteiger partial charge < -0.3 is 15.5 Å². The Morgan fingerprint density at radius 3 is 3.00 bits per heavy atom. The molecule has 1 amide bonds. The molecule has 3 rings (SSSR count). The zero-order valence-electron chi connectivity index (χ0n) is 11.6. The molecule has 0 bridgehead atoms. The molecule has 0 spiro atoms. The van der Waals surface area contributed by atoms with Crippen LogP contribution in [0.2, 0.25) is 5.02 Å². The van der Waals surface area contributed by atoms with Crippen LogP contribution in [0.5, 0.6) is 0 Å². The molecular weight excluding hydrogens is 292 g/mol. The van der Waals surface area contributed by atoms with E-state index in [0.717, 1.165) is 36.9 Å². The number of rotatable bonds is 2. The van der Waals surface area contributed by atoms with Crippen LogP contribution in [0.4, 0.5) is 4.79 Å². The number of piperidine rings is 1. The molecule has 1 aromatic carbocycles. The Labute approximate surface area is 128 Å². The number of nitrogens with zero attached hydrogens (tertiary/aromatic N) is 1. The van der Waals surface area contributed by atoms with Gasteiger partial charge in [0, 0.05) is 23.7 Å². The fraction of sp³-hybridized carbons (Fsp3) is 0.533. The lowest BCUT2D eigenvalue weighted by molar-refractivity contribution is 0.0409. The molecule has 3 atom stereocenters. The van der Waals surface area contributed by atoms with E-state index in [1.807, 2.05) is 12.1 Å². The first-order chi connectivity index (χ1) is 10.0. The number of amides is 1.